The Labute approximate surface area is 124 Å². The molecule has 3 N–H and O–H groups in total. The van der Waals surface area contributed by atoms with Gasteiger partial charge in [0.05, 0.1) is 18.7 Å². The Hall–Kier alpha value is -1.90. The molecule has 114 valence electrons. The van der Waals surface area contributed by atoms with Crippen molar-refractivity contribution in [1.29, 1.82) is 0 Å². The molecule has 1 aromatic rings. The number of aliphatic hydroxyl groups excluding tert-OH is 1. The second kappa shape index (κ2) is 9.11. The molecule has 0 bridgehead atoms. The zero-order chi connectivity index (χ0) is 15.7. The van der Waals surface area contributed by atoms with Gasteiger partial charge in [0.2, 0.25) is 0 Å². The zero-order valence-electron chi connectivity index (χ0n) is 12.2. The molecule has 4 nitrogen and oxygen atoms in total. The minimum absolute atomic E-state index is 0.111. The number of hydrogen-bond acceptors (Lipinski definition) is 3. The lowest BCUT2D eigenvalue weighted by atomic mass is 10.1. The number of carbonyl (C=O) groups is 1. The van der Waals surface area contributed by atoms with Crippen LogP contribution < -0.4 is 5.73 Å². The van der Waals surface area contributed by atoms with E-state index in [9.17, 15) is 9.18 Å². The fourth-order valence-corrected chi connectivity index (χ4v) is 1.91. The van der Waals surface area contributed by atoms with Gasteiger partial charge in [0.15, 0.2) is 0 Å². The normalized spacial score (nSPS) is 9.90. The number of halogens is 1. The third-order valence-corrected chi connectivity index (χ3v) is 2.98. The van der Waals surface area contributed by atoms with E-state index in [2.05, 4.69) is 11.8 Å². The predicted molar refractivity (Wildman–Crippen MR) is 80.2 cm³/mol. The van der Waals surface area contributed by atoms with Crippen LogP contribution in [-0.2, 0) is 0 Å². The lowest BCUT2D eigenvalue weighted by molar-refractivity contribution is 0.0719. The van der Waals surface area contributed by atoms with Crippen LogP contribution >= 0.6 is 0 Å². The van der Waals surface area contributed by atoms with Crippen molar-refractivity contribution in [2.24, 2.45) is 5.73 Å². The summed E-state index contributed by atoms with van der Waals surface area (Å²) in [5.74, 6) is 4.65. The Balaban J connectivity index is 3.08. The molecule has 0 radical (unpaired) electrons. The molecule has 0 fully saturated rings. The average molecular weight is 292 g/mol. The summed E-state index contributed by atoms with van der Waals surface area (Å²) in [5.41, 5.74) is 5.98. The fourth-order valence-electron chi connectivity index (χ4n) is 1.91. The molecule has 0 aromatic heterocycles. The molecule has 21 heavy (non-hydrogen) atoms. The number of amides is 1. The van der Waals surface area contributed by atoms with E-state index in [0.29, 0.717) is 17.7 Å². The van der Waals surface area contributed by atoms with Gasteiger partial charge in [-0.1, -0.05) is 25.2 Å². The van der Waals surface area contributed by atoms with Gasteiger partial charge < -0.3 is 15.7 Å². The number of rotatable bonds is 6. The van der Waals surface area contributed by atoms with Crippen molar-refractivity contribution >= 4 is 5.91 Å². The van der Waals surface area contributed by atoms with E-state index >= 15 is 0 Å². The highest BCUT2D eigenvalue weighted by molar-refractivity contribution is 5.96. The van der Waals surface area contributed by atoms with Gasteiger partial charge >= 0.3 is 0 Å². The summed E-state index contributed by atoms with van der Waals surface area (Å²) in [6, 6.07) is 3.89. The molecule has 1 rings (SSSR count). The van der Waals surface area contributed by atoms with Crippen molar-refractivity contribution in [2.45, 2.75) is 19.8 Å². The number of unbranched alkanes of at least 4 members (excludes halogenated alkanes) is 1. The number of carbonyl (C=O) groups excluding carboxylic acids is 1. The molecule has 0 aliphatic heterocycles. The van der Waals surface area contributed by atoms with Crippen molar-refractivity contribution in [1.82, 2.24) is 4.90 Å². The van der Waals surface area contributed by atoms with Gasteiger partial charge in [0, 0.05) is 18.7 Å². The summed E-state index contributed by atoms with van der Waals surface area (Å²) in [6.45, 7) is 2.86. The fraction of sp³-hybridized carbons (Fsp3) is 0.438. The van der Waals surface area contributed by atoms with E-state index in [-0.39, 0.29) is 25.6 Å². The van der Waals surface area contributed by atoms with Crippen LogP contribution in [0.25, 0.3) is 0 Å². The van der Waals surface area contributed by atoms with Crippen molar-refractivity contribution in [3.8, 4) is 11.8 Å². The average Bonchev–Trinajstić information content (AvgIpc) is 2.48. The number of nitrogens with two attached hydrogens (primary N) is 1. The molecule has 0 atom stereocenters. The second-order valence-corrected chi connectivity index (χ2v) is 4.57. The van der Waals surface area contributed by atoms with Gasteiger partial charge in [-0.25, -0.2) is 4.39 Å². The second-order valence-electron chi connectivity index (χ2n) is 4.57. The minimum Gasteiger partial charge on any atom is -0.395 e. The van der Waals surface area contributed by atoms with E-state index in [1.807, 2.05) is 6.92 Å². The van der Waals surface area contributed by atoms with Gasteiger partial charge in [-0.15, -0.1) is 0 Å². The highest BCUT2D eigenvalue weighted by Gasteiger charge is 2.18. The van der Waals surface area contributed by atoms with Crippen molar-refractivity contribution in [3.63, 3.8) is 0 Å². The summed E-state index contributed by atoms with van der Waals surface area (Å²) in [4.78, 5) is 14.1. The number of nitrogens with zero attached hydrogens (tertiary/aromatic N) is 1. The molecule has 5 heteroatoms. The van der Waals surface area contributed by atoms with Gasteiger partial charge in [0.25, 0.3) is 5.91 Å². The highest BCUT2D eigenvalue weighted by Crippen LogP contribution is 2.14. The smallest absolute Gasteiger partial charge is 0.255 e. The Morgan fingerprint density at radius 2 is 2.19 bits per heavy atom. The summed E-state index contributed by atoms with van der Waals surface area (Å²) in [7, 11) is 0. The summed E-state index contributed by atoms with van der Waals surface area (Å²) < 4.78 is 13.3. The molecule has 0 spiro atoms. The molecule has 1 aromatic carbocycles. The van der Waals surface area contributed by atoms with Crippen LogP contribution in [0.3, 0.4) is 0 Å². The largest absolute Gasteiger partial charge is 0.395 e. The first-order chi connectivity index (χ1) is 10.1. The van der Waals surface area contributed by atoms with E-state index in [1.165, 1.54) is 18.2 Å². The molecule has 1 amide bonds. The SMILES string of the molecule is CCCCN(CCO)C(=O)c1ccc(F)cc1C#CCN. The molecular formula is C16H21FN2O2. The first-order valence-electron chi connectivity index (χ1n) is 7.02. The molecule has 0 saturated heterocycles. The quantitative estimate of drug-likeness (QED) is 0.778. The van der Waals surface area contributed by atoms with Crippen LogP contribution in [0.15, 0.2) is 18.2 Å². The summed E-state index contributed by atoms with van der Waals surface area (Å²) in [6.07, 6.45) is 1.79. The van der Waals surface area contributed by atoms with Gasteiger partial charge in [-0.2, -0.15) is 0 Å². The summed E-state index contributed by atoms with van der Waals surface area (Å²) in [5, 5.41) is 9.09. The van der Waals surface area contributed by atoms with Crippen molar-refractivity contribution in [3.05, 3.63) is 35.1 Å². The van der Waals surface area contributed by atoms with Gasteiger partial charge in [-0.05, 0) is 24.6 Å². The molecule has 0 saturated carbocycles. The minimum atomic E-state index is -0.449. The van der Waals surface area contributed by atoms with Gasteiger partial charge in [0.1, 0.15) is 5.82 Å². The molecule has 0 heterocycles. The Bertz CT molecular complexity index is 535. The van der Waals surface area contributed by atoms with Gasteiger partial charge in [-0.3, -0.25) is 4.79 Å². The predicted octanol–water partition coefficient (Wildman–Crippen LogP) is 1.37. The van der Waals surface area contributed by atoms with Crippen LogP contribution in [0.2, 0.25) is 0 Å². The Morgan fingerprint density at radius 3 is 2.81 bits per heavy atom. The zero-order valence-corrected chi connectivity index (χ0v) is 12.2. The third kappa shape index (κ3) is 5.18. The maximum atomic E-state index is 13.3. The van der Waals surface area contributed by atoms with Crippen LogP contribution in [0.5, 0.6) is 0 Å². The van der Waals surface area contributed by atoms with Crippen molar-refractivity contribution < 1.29 is 14.3 Å². The van der Waals surface area contributed by atoms with Crippen molar-refractivity contribution in [2.75, 3.05) is 26.2 Å². The van der Waals surface area contributed by atoms with E-state index in [1.54, 1.807) is 4.90 Å². The molecule has 0 unspecified atom stereocenters. The van der Waals surface area contributed by atoms with Crippen LogP contribution in [0.4, 0.5) is 4.39 Å². The third-order valence-electron chi connectivity index (χ3n) is 2.98. The molecule has 0 aliphatic rings. The first-order valence-corrected chi connectivity index (χ1v) is 7.02. The lowest BCUT2D eigenvalue weighted by Crippen LogP contribution is -2.34. The van der Waals surface area contributed by atoms with Crippen LogP contribution in [0, 0.1) is 17.7 Å². The van der Waals surface area contributed by atoms with Crippen LogP contribution in [-0.4, -0.2) is 42.2 Å². The maximum absolute atomic E-state index is 13.3. The lowest BCUT2D eigenvalue weighted by Gasteiger charge is -2.22. The Kier molecular flexibility index (Phi) is 7.44. The van der Waals surface area contributed by atoms with E-state index in [4.69, 9.17) is 10.8 Å². The first kappa shape index (κ1) is 17.2. The molecular weight excluding hydrogens is 271 g/mol. The standard InChI is InChI=1S/C16H21FN2O2/c1-2-3-9-19(10-11-20)16(21)15-7-6-14(17)12-13(15)5-4-8-18/h6-7,12,20H,2-3,8-11,18H2,1H3. The number of aliphatic hydroxyl groups is 1. The maximum Gasteiger partial charge on any atom is 0.255 e. The topological polar surface area (TPSA) is 66.6 Å². The highest BCUT2D eigenvalue weighted by atomic mass is 19.1. The summed E-state index contributed by atoms with van der Waals surface area (Å²) >= 11 is 0. The molecule has 0 aliphatic carbocycles. The van der Waals surface area contributed by atoms with E-state index in [0.717, 1.165) is 12.8 Å². The number of hydrogen-bond donors (Lipinski definition) is 2. The Morgan fingerprint density at radius 1 is 1.43 bits per heavy atom. The monoisotopic (exact) mass is 292 g/mol. The van der Waals surface area contributed by atoms with Crippen LogP contribution in [0.1, 0.15) is 35.7 Å². The van der Waals surface area contributed by atoms with E-state index < -0.39 is 5.82 Å². The number of benzene rings is 1.